The zero-order valence-electron chi connectivity index (χ0n) is 15.9. The Morgan fingerprint density at radius 2 is 1.93 bits per heavy atom. The van der Waals surface area contributed by atoms with Crippen molar-refractivity contribution in [2.75, 3.05) is 5.32 Å². The number of carbonyl (C=O) groups is 1. The minimum absolute atomic E-state index is 0.248. The number of aromatic nitrogens is 4. The summed E-state index contributed by atoms with van der Waals surface area (Å²) in [5.41, 5.74) is 1.91. The summed E-state index contributed by atoms with van der Waals surface area (Å²) in [6.45, 7) is 3.54. The maximum absolute atomic E-state index is 13.1. The molecule has 0 aliphatic heterocycles. The molecule has 4 rings (SSSR count). The van der Waals surface area contributed by atoms with E-state index in [0.717, 1.165) is 34.3 Å². The van der Waals surface area contributed by atoms with Crippen LogP contribution in [0.15, 0.2) is 47.6 Å². The summed E-state index contributed by atoms with van der Waals surface area (Å²) in [7, 11) is 0. The van der Waals surface area contributed by atoms with E-state index in [1.165, 1.54) is 18.2 Å². The molecule has 10 heteroatoms. The minimum Gasteiger partial charge on any atom is -0.338 e. The number of rotatable bonds is 4. The van der Waals surface area contributed by atoms with Crippen LogP contribution < -0.4 is 5.32 Å². The number of amides is 1. The summed E-state index contributed by atoms with van der Waals surface area (Å²) in [4.78, 5) is 20.0. The number of nitrogens with zero attached hydrogens (tertiary/aromatic N) is 3. The molecule has 0 spiro atoms. The molecule has 6 nitrogen and oxygen atoms in total. The Hall–Kier alpha value is -3.14. The molecule has 0 aliphatic rings. The van der Waals surface area contributed by atoms with Crippen molar-refractivity contribution in [3.8, 4) is 0 Å². The monoisotopic (exact) mass is 431 g/mol. The van der Waals surface area contributed by atoms with Gasteiger partial charge in [0, 0.05) is 10.9 Å². The smallest absolute Gasteiger partial charge is 0.338 e. The summed E-state index contributed by atoms with van der Waals surface area (Å²) >= 11 is 1.01. The van der Waals surface area contributed by atoms with Gasteiger partial charge in [-0.3, -0.25) is 4.79 Å². The fraction of sp³-hybridized carbons (Fsp3) is 0.200. The first kappa shape index (κ1) is 20.1. The van der Waals surface area contributed by atoms with E-state index in [1.54, 1.807) is 6.92 Å². The van der Waals surface area contributed by atoms with Gasteiger partial charge < -0.3 is 10.3 Å². The molecular weight excluding hydrogens is 415 g/mol. The number of H-pyrrole nitrogens is 1. The second kappa shape index (κ2) is 7.60. The van der Waals surface area contributed by atoms with Crippen LogP contribution in [0, 0.1) is 6.92 Å². The molecule has 0 radical (unpaired) electrons. The number of aryl methyl sites for hydroxylation is 1. The summed E-state index contributed by atoms with van der Waals surface area (Å²) < 4.78 is 39.4. The van der Waals surface area contributed by atoms with Gasteiger partial charge in [-0.05, 0) is 38.1 Å². The lowest BCUT2D eigenvalue weighted by Gasteiger charge is -2.15. The number of hydrogen-bond donors (Lipinski definition) is 2. The van der Waals surface area contributed by atoms with Crippen molar-refractivity contribution < 1.29 is 18.0 Å². The van der Waals surface area contributed by atoms with Gasteiger partial charge in [0.15, 0.2) is 5.65 Å². The highest BCUT2D eigenvalue weighted by atomic mass is 32.2. The van der Waals surface area contributed by atoms with Crippen molar-refractivity contribution in [2.45, 2.75) is 30.4 Å². The zero-order chi connectivity index (χ0) is 21.5. The number of fused-ring (bicyclic) bond motifs is 3. The Kier molecular flexibility index (Phi) is 5.10. The molecule has 0 saturated heterocycles. The van der Waals surface area contributed by atoms with Crippen LogP contribution in [0.2, 0.25) is 0 Å². The first-order chi connectivity index (χ1) is 14.2. The topological polar surface area (TPSA) is 83.6 Å². The first-order valence-corrected chi connectivity index (χ1v) is 9.87. The van der Waals surface area contributed by atoms with Crippen LogP contribution >= 0.6 is 11.8 Å². The zero-order valence-corrected chi connectivity index (χ0v) is 16.7. The number of anilines is 1. The van der Waals surface area contributed by atoms with E-state index in [0.29, 0.717) is 11.2 Å². The van der Waals surface area contributed by atoms with Gasteiger partial charge in [-0.25, -0.2) is 4.98 Å². The Bertz CT molecular complexity index is 1250. The molecule has 2 N–H and O–H groups in total. The summed E-state index contributed by atoms with van der Waals surface area (Å²) in [5.74, 6) is -0.590. The predicted molar refractivity (Wildman–Crippen MR) is 109 cm³/mol. The first-order valence-electron chi connectivity index (χ1n) is 8.99. The van der Waals surface area contributed by atoms with E-state index in [9.17, 15) is 18.0 Å². The van der Waals surface area contributed by atoms with E-state index in [2.05, 4.69) is 25.5 Å². The lowest BCUT2D eigenvalue weighted by atomic mass is 10.1. The standard InChI is InChI=1S/C20H16F3N5OS/c1-10-7-8-14-12(9-10)16-17(24-14)26-19(28-27-16)30-11(2)18(29)25-15-6-4-3-5-13(15)20(21,22)23/h3-9,11H,1-2H3,(H,25,29)(H,24,26,28). The Morgan fingerprint density at radius 3 is 2.70 bits per heavy atom. The van der Waals surface area contributed by atoms with E-state index in [4.69, 9.17) is 0 Å². The number of thioether (sulfide) groups is 1. The summed E-state index contributed by atoms with van der Waals surface area (Å²) in [5, 5.41) is 11.0. The highest BCUT2D eigenvalue weighted by Crippen LogP contribution is 2.35. The maximum Gasteiger partial charge on any atom is 0.418 e. The molecule has 1 unspecified atom stereocenters. The molecule has 154 valence electrons. The van der Waals surface area contributed by atoms with E-state index < -0.39 is 22.9 Å². The number of aromatic amines is 1. The lowest BCUT2D eigenvalue weighted by molar-refractivity contribution is -0.137. The van der Waals surface area contributed by atoms with E-state index in [1.807, 2.05) is 25.1 Å². The normalized spacial score (nSPS) is 13.0. The van der Waals surface area contributed by atoms with Crippen molar-refractivity contribution in [2.24, 2.45) is 0 Å². The molecule has 2 heterocycles. The molecule has 4 aromatic rings. The summed E-state index contributed by atoms with van der Waals surface area (Å²) in [6.07, 6.45) is -4.56. The number of halogens is 3. The van der Waals surface area contributed by atoms with Gasteiger partial charge in [-0.2, -0.15) is 13.2 Å². The number of para-hydroxylation sites is 1. The molecule has 0 saturated carbocycles. The van der Waals surface area contributed by atoms with Crippen molar-refractivity contribution in [3.05, 3.63) is 53.6 Å². The third-order valence-electron chi connectivity index (χ3n) is 4.49. The van der Waals surface area contributed by atoms with Crippen LogP contribution in [0.1, 0.15) is 18.1 Å². The van der Waals surface area contributed by atoms with Crippen molar-refractivity contribution in [3.63, 3.8) is 0 Å². The fourth-order valence-electron chi connectivity index (χ4n) is 3.01. The van der Waals surface area contributed by atoms with Crippen LogP contribution in [0.25, 0.3) is 22.1 Å². The van der Waals surface area contributed by atoms with Gasteiger partial charge in [0.25, 0.3) is 0 Å². The van der Waals surface area contributed by atoms with Crippen molar-refractivity contribution in [1.82, 2.24) is 20.2 Å². The SMILES string of the molecule is Cc1ccc2[nH]c3nc(SC(C)C(=O)Nc4ccccc4C(F)(F)F)nnc3c2c1. The van der Waals surface area contributed by atoms with Crippen molar-refractivity contribution in [1.29, 1.82) is 0 Å². The predicted octanol–water partition coefficient (Wildman–Crippen LogP) is 4.95. The molecular formula is C20H16F3N5OS. The third kappa shape index (κ3) is 3.95. The number of nitrogens with one attached hydrogen (secondary N) is 2. The molecule has 2 aromatic carbocycles. The van der Waals surface area contributed by atoms with Gasteiger partial charge in [0.2, 0.25) is 11.1 Å². The highest BCUT2D eigenvalue weighted by Gasteiger charge is 2.34. The molecule has 1 amide bonds. The second-order valence-corrected chi connectivity index (χ2v) is 8.07. The van der Waals surface area contributed by atoms with Crippen LogP contribution in [0.3, 0.4) is 0 Å². The van der Waals surface area contributed by atoms with Crippen LogP contribution in [0.5, 0.6) is 0 Å². The van der Waals surface area contributed by atoms with E-state index >= 15 is 0 Å². The molecule has 0 bridgehead atoms. The number of carbonyl (C=O) groups excluding carboxylic acids is 1. The number of hydrogen-bond acceptors (Lipinski definition) is 5. The highest BCUT2D eigenvalue weighted by molar-refractivity contribution is 8.00. The Labute approximate surface area is 173 Å². The lowest BCUT2D eigenvalue weighted by Crippen LogP contribution is -2.24. The second-order valence-electron chi connectivity index (χ2n) is 6.76. The molecule has 0 aliphatic carbocycles. The molecule has 1 atom stereocenters. The van der Waals surface area contributed by atoms with E-state index in [-0.39, 0.29) is 10.8 Å². The van der Waals surface area contributed by atoms with Gasteiger partial charge in [0.1, 0.15) is 5.52 Å². The molecule has 30 heavy (non-hydrogen) atoms. The van der Waals surface area contributed by atoms with Crippen LogP contribution in [-0.2, 0) is 11.0 Å². The average Bonchev–Trinajstić information content (AvgIpc) is 3.04. The maximum atomic E-state index is 13.1. The number of alkyl halides is 3. The molecule has 2 aromatic heterocycles. The fourth-order valence-corrected chi connectivity index (χ4v) is 3.72. The minimum atomic E-state index is -4.56. The molecule has 0 fully saturated rings. The van der Waals surface area contributed by atoms with Gasteiger partial charge in [0.05, 0.1) is 16.5 Å². The Balaban J connectivity index is 1.54. The Morgan fingerprint density at radius 1 is 1.17 bits per heavy atom. The van der Waals surface area contributed by atoms with Crippen LogP contribution in [-0.4, -0.2) is 31.3 Å². The van der Waals surface area contributed by atoms with Crippen molar-refractivity contribution >= 4 is 45.4 Å². The average molecular weight is 431 g/mol. The quantitative estimate of drug-likeness (QED) is 0.447. The largest absolute Gasteiger partial charge is 0.418 e. The van der Waals surface area contributed by atoms with Crippen LogP contribution in [0.4, 0.5) is 18.9 Å². The van der Waals surface area contributed by atoms with Gasteiger partial charge in [-0.1, -0.05) is 35.5 Å². The third-order valence-corrected chi connectivity index (χ3v) is 5.44. The van der Waals surface area contributed by atoms with Gasteiger partial charge >= 0.3 is 6.18 Å². The summed E-state index contributed by atoms with van der Waals surface area (Å²) in [6, 6.07) is 10.7. The number of benzene rings is 2. The van der Waals surface area contributed by atoms with Gasteiger partial charge in [-0.15, -0.1) is 10.2 Å².